The normalized spacial score (nSPS) is 18.7. The fourth-order valence-electron chi connectivity index (χ4n) is 3.65. The molecule has 0 saturated heterocycles. The highest BCUT2D eigenvalue weighted by Crippen LogP contribution is 2.47. The van der Waals surface area contributed by atoms with Crippen LogP contribution in [0.3, 0.4) is 0 Å². The zero-order valence-electron chi connectivity index (χ0n) is 14.0. The van der Waals surface area contributed by atoms with Gasteiger partial charge in [0.05, 0.1) is 0 Å². The Balaban J connectivity index is 2.04. The number of hydrogen-bond donors (Lipinski definition) is 0. The third-order valence-electron chi connectivity index (χ3n) is 4.98. The molecule has 1 nitrogen and oxygen atoms in total. The van der Waals surface area contributed by atoms with Crippen LogP contribution in [0.4, 0.5) is 0 Å². The van der Waals surface area contributed by atoms with Crippen LogP contribution in [0, 0.1) is 0 Å². The first-order valence-corrected chi connectivity index (χ1v) is 8.26. The van der Waals surface area contributed by atoms with Crippen molar-refractivity contribution in [1.29, 1.82) is 0 Å². The van der Waals surface area contributed by atoms with Gasteiger partial charge in [-0.1, -0.05) is 78.9 Å². The first kappa shape index (κ1) is 14.9. The van der Waals surface area contributed by atoms with Crippen LogP contribution >= 0.6 is 0 Å². The van der Waals surface area contributed by atoms with Crippen LogP contribution < -0.4 is 0 Å². The Labute approximate surface area is 143 Å². The molecule has 0 aliphatic heterocycles. The van der Waals surface area contributed by atoms with Crippen molar-refractivity contribution in [1.82, 2.24) is 0 Å². The van der Waals surface area contributed by atoms with Crippen molar-refractivity contribution < 1.29 is 4.74 Å². The average Bonchev–Trinajstić information content (AvgIpc) is 2.66. The van der Waals surface area contributed by atoms with E-state index in [4.69, 9.17) is 4.74 Å². The molecule has 0 heterocycles. The van der Waals surface area contributed by atoms with Crippen molar-refractivity contribution in [2.24, 2.45) is 0 Å². The second-order valence-corrected chi connectivity index (χ2v) is 6.30. The zero-order valence-corrected chi connectivity index (χ0v) is 14.0. The molecule has 4 rings (SSSR count). The van der Waals surface area contributed by atoms with Crippen molar-refractivity contribution in [3.63, 3.8) is 0 Å². The van der Waals surface area contributed by atoms with Crippen LogP contribution in [0.1, 0.15) is 34.7 Å². The van der Waals surface area contributed by atoms with E-state index in [1.54, 1.807) is 7.11 Å². The fourth-order valence-corrected chi connectivity index (χ4v) is 3.65. The Hall–Kier alpha value is -2.64. The van der Waals surface area contributed by atoms with Gasteiger partial charge in [-0.25, -0.2) is 0 Å². The van der Waals surface area contributed by atoms with Gasteiger partial charge in [-0.2, -0.15) is 0 Å². The van der Waals surface area contributed by atoms with Gasteiger partial charge in [0.25, 0.3) is 0 Å². The molecular formula is C23H20O. The smallest absolute Gasteiger partial charge is 0.116 e. The summed E-state index contributed by atoms with van der Waals surface area (Å²) >= 11 is 0. The van der Waals surface area contributed by atoms with Gasteiger partial charge < -0.3 is 4.74 Å². The number of methoxy groups -OCH3 is 1. The minimum atomic E-state index is -0.429. The molecule has 0 radical (unpaired) electrons. The van der Waals surface area contributed by atoms with Crippen molar-refractivity contribution in [2.45, 2.75) is 12.5 Å². The highest BCUT2D eigenvalue weighted by molar-refractivity contribution is 5.96. The summed E-state index contributed by atoms with van der Waals surface area (Å²) in [6, 6.07) is 27.6. The number of ether oxygens (including phenoxy) is 1. The highest BCUT2D eigenvalue weighted by Gasteiger charge is 2.38. The van der Waals surface area contributed by atoms with Gasteiger partial charge in [0, 0.05) is 7.11 Å². The molecule has 0 saturated carbocycles. The van der Waals surface area contributed by atoms with E-state index in [0.29, 0.717) is 0 Å². The van der Waals surface area contributed by atoms with Gasteiger partial charge in [0.1, 0.15) is 5.60 Å². The molecule has 118 valence electrons. The van der Waals surface area contributed by atoms with Crippen LogP contribution in [0.5, 0.6) is 0 Å². The number of rotatable bonds is 2. The maximum Gasteiger partial charge on any atom is 0.116 e. The second-order valence-electron chi connectivity index (χ2n) is 6.30. The van der Waals surface area contributed by atoms with Crippen molar-refractivity contribution in [2.75, 3.05) is 7.11 Å². The Morgan fingerprint density at radius 2 is 1.21 bits per heavy atom. The van der Waals surface area contributed by atoms with E-state index in [-0.39, 0.29) is 0 Å². The SMILES string of the molecule is COC1(C)c2ccccc2C(=Cc2ccccc2)c2ccccc21. The molecule has 1 aliphatic carbocycles. The monoisotopic (exact) mass is 312 g/mol. The molecule has 0 unspecified atom stereocenters. The van der Waals surface area contributed by atoms with Crippen LogP contribution in [0.25, 0.3) is 11.6 Å². The molecule has 0 spiro atoms. The molecular weight excluding hydrogens is 292 g/mol. The molecule has 3 aromatic rings. The standard InChI is InChI=1S/C23H20O/c1-23(24-2)21-14-8-6-12-18(21)20(16-17-10-4-3-5-11-17)19-13-7-9-15-22(19)23/h3-16H,1-2H3. The Kier molecular flexibility index (Phi) is 3.59. The van der Waals surface area contributed by atoms with E-state index < -0.39 is 5.60 Å². The highest BCUT2D eigenvalue weighted by atomic mass is 16.5. The molecule has 0 atom stereocenters. The van der Waals surface area contributed by atoms with Crippen LogP contribution in [-0.4, -0.2) is 7.11 Å². The summed E-state index contributed by atoms with van der Waals surface area (Å²) in [6.45, 7) is 2.16. The Morgan fingerprint density at radius 1 is 0.708 bits per heavy atom. The summed E-state index contributed by atoms with van der Waals surface area (Å²) < 4.78 is 6.00. The maximum atomic E-state index is 6.00. The van der Waals surface area contributed by atoms with E-state index in [0.717, 1.165) is 0 Å². The van der Waals surface area contributed by atoms with Crippen LogP contribution in [0.2, 0.25) is 0 Å². The van der Waals surface area contributed by atoms with E-state index in [9.17, 15) is 0 Å². The molecule has 1 heteroatoms. The van der Waals surface area contributed by atoms with Gasteiger partial charge in [-0.15, -0.1) is 0 Å². The molecule has 0 aromatic heterocycles. The molecule has 3 aromatic carbocycles. The third-order valence-corrected chi connectivity index (χ3v) is 4.98. The summed E-state index contributed by atoms with van der Waals surface area (Å²) in [6.07, 6.45) is 2.27. The summed E-state index contributed by atoms with van der Waals surface area (Å²) in [5.74, 6) is 0. The lowest BCUT2D eigenvalue weighted by atomic mass is 9.73. The van der Waals surface area contributed by atoms with E-state index in [2.05, 4.69) is 85.8 Å². The minimum Gasteiger partial charge on any atom is -0.369 e. The number of fused-ring (bicyclic) bond motifs is 2. The minimum absolute atomic E-state index is 0.429. The Morgan fingerprint density at radius 3 is 1.75 bits per heavy atom. The van der Waals surface area contributed by atoms with E-state index in [1.807, 2.05) is 6.07 Å². The van der Waals surface area contributed by atoms with E-state index >= 15 is 0 Å². The molecule has 0 N–H and O–H groups in total. The topological polar surface area (TPSA) is 9.23 Å². The second kappa shape index (κ2) is 5.77. The van der Waals surface area contributed by atoms with Gasteiger partial charge >= 0.3 is 0 Å². The number of hydrogen-bond acceptors (Lipinski definition) is 1. The maximum absolute atomic E-state index is 6.00. The lowest BCUT2D eigenvalue weighted by molar-refractivity contribution is 0.0377. The molecule has 0 bridgehead atoms. The molecule has 1 aliphatic rings. The summed E-state index contributed by atoms with van der Waals surface area (Å²) in [4.78, 5) is 0. The van der Waals surface area contributed by atoms with Crippen molar-refractivity contribution in [3.8, 4) is 0 Å². The number of benzene rings is 3. The molecule has 0 amide bonds. The van der Waals surface area contributed by atoms with Gasteiger partial charge in [-0.3, -0.25) is 0 Å². The molecule has 0 fully saturated rings. The first-order valence-electron chi connectivity index (χ1n) is 8.26. The zero-order chi connectivity index (χ0) is 16.6. The first-order chi connectivity index (χ1) is 11.7. The summed E-state index contributed by atoms with van der Waals surface area (Å²) in [5.41, 5.74) is 6.94. The lowest BCUT2D eigenvalue weighted by Gasteiger charge is -2.38. The predicted octanol–water partition coefficient (Wildman–Crippen LogP) is 5.50. The Bertz CT molecular complexity index is 857. The fraction of sp³-hybridized carbons (Fsp3) is 0.130. The largest absolute Gasteiger partial charge is 0.369 e. The third kappa shape index (κ3) is 2.21. The van der Waals surface area contributed by atoms with Crippen molar-refractivity contribution >= 4 is 11.6 Å². The van der Waals surface area contributed by atoms with Gasteiger partial charge in [-0.05, 0) is 46.4 Å². The van der Waals surface area contributed by atoms with Gasteiger partial charge in [0.15, 0.2) is 0 Å². The van der Waals surface area contributed by atoms with Crippen LogP contribution in [0.15, 0.2) is 78.9 Å². The quantitative estimate of drug-likeness (QED) is 0.607. The predicted molar refractivity (Wildman–Crippen MR) is 99.8 cm³/mol. The van der Waals surface area contributed by atoms with Crippen LogP contribution in [-0.2, 0) is 10.3 Å². The van der Waals surface area contributed by atoms with Crippen molar-refractivity contribution in [3.05, 3.63) is 107 Å². The summed E-state index contributed by atoms with van der Waals surface area (Å²) in [7, 11) is 1.79. The van der Waals surface area contributed by atoms with E-state index in [1.165, 1.54) is 33.4 Å². The average molecular weight is 312 g/mol. The lowest BCUT2D eigenvalue weighted by Crippen LogP contribution is -2.31. The van der Waals surface area contributed by atoms with Gasteiger partial charge in [0.2, 0.25) is 0 Å². The molecule has 24 heavy (non-hydrogen) atoms. The summed E-state index contributed by atoms with van der Waals surface area (Å²) in [5, 5.41) is 0.